The molecule has 0 aromatic heterocycles. The summed E-state index contributed by atoms with van der Waals surface area (Å²) >= 11 is 0. The first-order valence-corrected chi connectivity index (χ1v) is 14.0. The lowest BCUT2D eigenvalue weighted by Gasteiger charge is -2.64. The third kappa shape index (κ3) is 3.17. The minimum atomic E-state index is -0.378. The minimum absolute atomic E-state index is 0.0164. The Balaban J connectivity index is 1.50. The zero-order chi connectivity index (χ0) is 24.0. The number of aliphatic hydroxyl groups is 3. The maximum Gasteiger partial charge on any atom is 0.0618 e. The number of hydrogen-bond donors (Lipinski definition) is 3. The largest absolute Gasteiger partial charge is 0.396 e. The van der Waals surface area contributed by atoms with Crippen molar-refractivity contribution in [3.8, 4) is 0 Å². The highest BCUT2D eigenvalue weighted by molar-refractivity contribution is 5.25. The van der Waals surface area contributed by atoms with Gasteiger partial charge in [-0.05, 0) is 110 Å². The molecule has 2 unspecified atom stereocenters. The molecular formula is C30H50O3. The monoisotopic (exact) mass is 458 g/mol. The molecule has 0 saturated heterocycles. The van der Waals surface area contributed by atoms with Crippen LogP contribution in [-0.4, -0.2) is 34.1 Å². The van der Waals surface area contributed by atoms with Gasteiger partial charge in [-0.25, -0.2) is 0 Å². The Kier molecular flexibility index (Phi) is 5.57. The highest BCUT2D eigenvalue weighted by Gasteiger charge is 2.63. The quantitative estimate of drug-likeness (QED) is 0.415. The first-order valence-electron chi connectivity index (χ1n) is 14.0. The lowest BCUT2D eigenvalue weighted by atomic mass is 9.42. The second kappa shape index (κ2) is 7.56. The Morgan fingerprint density at radius 3 is 2.12 bits per heavy atom. The van der Waals surface area contributed by atoms with Gasteiger partial charge in [0, 0.05) is 5.41 Å². The molecule has 5 rings (SSSR count). The first kappa shape index (κ1) is 24.3. The highest BCUT2D eigenvalue weighted by Crippen LogP contribution is 2.70. The molecule has 3 N–H and O–H groups in total. The van der Waals surface area contributed by atoms with E-state index >= 15 is 0 Å². The summed E-state index contributed by atoms with van der Waals surface area (Å²) in [5.41, 5.74) is 2.15. The number of fused-ring (bicyclic) bond motifs is 6. The van der Waals surface area contributed by atoms with Crippen LogP contribution in [-0.2, 0) is 0 Å². The molecule has 3 nitrogen and oxygen atoms in total. The van der Waals surface area contributed by atoms with E-state index in [2.05, 4.69) is 47.6 Å². The number of rotatable bonds is 1. The van der Waals surface area contributed by atoms with E-state index in [0.29, 0.717) is 34.5 Å². The average Bonchev–Trinajstić information content (AvgIpc) is 2.91. The molecule has 188 valence electrons. The van der Waals surface area contributed by atoms with E-state index in [-0.39, 0.29) is 35.1 Å². The molecule has 10 atom stereocenters. The molecular weight excluding hydrogens is 408 g/mol. The van der Waals surface area contributed by atoms with Gasteiger partial charge >= 0.3 is 0 Å². The molecule has 5 aliphatic rings. The SMILES string of the molecule is CC1(C)C(O)CC[C@]2(C)[C@H]3CC[C@@H]4[C@@](C)(CC[C@H]5[C@]4(C)CCC(O)[C@]5(C)CO)CC3=CC[C@@H]12. The number of allylic oxidation sites excluding steroid dienone is 2. The zero-order valence-electron chi connectivity index (χ0n) is 22.2. The van der Waals surface area contributed by atoms with Crippen molar-refractivity contribution in [3.05, 3.63) is 11.6 Å². The molecule has 4 saturated carbocycles. The van der Waals surface area contributed by atoms with Gasteiger partial charge in [0.2, 0.25) is 0 Å². The summed E-state index contributed by atoms with van der Waals surface area (Å²) < 4.78 is 0. The molecule has 33 heavy (non-hydrogen) atoms. The summed E-state index contributed by atoms with van der Waals surface area (Å²) in [7, 11) is 0. The van der Waals surface area contributed by atoms with Crippen LogP contribution in [0.1, 0.15) is 106 Å². The van der Waals surface area contributed by atoms with E-state index in [1.54, 1.807) is 5.57 Å². The molecule has 0 aromatic carbocycles. The van der Waals surface area contributed by atoms with Gasteiger partial charge in [-0.15, -0.1) is 0 Å². The van der Waals surface area contributed by atoms with Gasteiger partial charge in [-0.3, -0.25) is 0 Å². The Bertz CT molecular complexity index is 817. The van der Waals surface area contributed by atoms with Crippen molar-refractivity contribution in [1.29, 1.82) is 0 Å². The smallest absolute Gasteiger partial charge is 0.0618 e. The van der Waals surface area contributed by atoms with Crippen LogP contribution >= 0.6 is 0 Å². The fourth-order valence-electron chi connectivity index (χ4n) is 11.0. The van der Waals surface area contributed by atoms with E-state index in [1.165, 1.54) is 25.7 Å². The Labute approximate surface area is 202 Å². The number of aliphatic hydroxyl groups excluding tert-OH is 3. The summed E-state index contributed by atoms with van der Waals surface area (Å²) in [4.78, 5) is 0. The third-order valence-electron chi connectivity index (χ3n) is 13.0. The molecule has 0 amide bonds. The van der Waals surface area contributed by atoms with Gasteiger partial charge in [0.15, 0.2) is 0 Å². The summed E-state index contributed by atoms with van der Waals surface area (Å²) in [5.74, 6) is 2.25. The van der Waals surface area contributed by atoms with Crippen molar-refractivity contribution in [2.45, 2.75) is 118 Å². The van der Waals surface area contributed by atoms with Crippen LogP contribution in [0, 0.1) is 50.7 Å². The molecule has 0 radical (unpaired) electrons. The molecule has 0 aromatic rings. The molecule has 0 aliphatic heterocycles. The van der Waals surface area contributed by atoms with Crippen molar-refractivity contribution < 1.29 is 15.3 Å². The van der Waals surface area contributed by atoms with Gasteiger partial charge in [0.25, 0.3) is 0 Å². The molecule has 0 spiro atoms. The second-order valence-electron chi connectivity index (χ2n) is 14.8. The lowest BCUT2D eigenvalue weighted by Crippen LogP contribution is -2.60. The topological polar surface area (TPSA) is 60.7 Å². The van der Waals surface area contributed by atoms with Crippen molar-refractivity contribution >= 4 is 0 Å². The van der Waals surface area contributed by atoms with Crippen molar-refractivity contribution in [3.63, 3.8) is 0 Å². The molecule has 5 aliphatic carbocycles. The van der Waals surface area contributed by atoms with Gasteiger partial charge in [-0.2, -0.15) is 0 Å². The van der Waals surface area contributed by atoms with Crippen molar-refractivity contribution in [1.82, 2.24) is 0 Å². The number of hydrogen-bond acceptors (Lipinski definition) is 3. The van der Waals surface area contributed by atoms with Crippen LogP contribution in [0.3, 0.4) is 0 Å². The molecule has 0 bridgehead atoms. The predicted octanol–water partition coefficient (Wildman–Crippen LogP) is 6.11. The highest BCUT2D eigenvalue weighted by atomic mass is 16.3. The molecule has 4 fully saturated rings. The maximum atomic E-state index is 10.9. The summed E-state index contributed by atoms with van der Waals surface area (Å²) in [5, 5.41) is 32.2. The van der Waals surface area contributed by atoms with Gasteiger partial charge in [-0.1, -0.05) is 53.2 Å². The fraction of sp³-hybridized carbons (Fsp3) is 0.933. The van der Waals surface area contributed by atoms with Crippen LogP contribution < -0.4 is 0 Å². The van der Waals surface area contributed by atoms with Crippen LogP contribution in [0.15, 0.2) is 11.6 Å². The third-order valence-corrected chi connectivity index (χ3v) is 13.0. The van der Waals surface area contributed by atoms with E-state index in [9.17, 15) is 15.3 Å². The van der Waals surface area contributed by atoms with E-state index < -0.39 is 0 Å². The average molecular weight is 459 g/mol. The zero-order valence-corrected chi connectivity index (χ0v) is 22.2. The van der Waals surface area contributed by atoms with Crippen LogP contribution in [0.5, 0.6) is 0 Å². The van der Waals surface area contributed by atoms with E-state index in [0.717, 1.165) is 38.5 Å². The summed E-state index contributed by atoms with van der Waals surface area (Å²) in [6, 6.07) is 0. The summed E-state index contributed by atoms with van der Waals surface area (Å²) in [6.07, 6.45) is 13.3. The van der Waals surface area contributed by atoms with Crippen LogP contribution in [0.4, 0.5) is 0 Å². The van der Waals surface area contributed by atoms with Gasteiger partial charge < -0.3 is 15.3 Å². The molecule has 3 heteroatoms. The predicted molar refractivity (Wildman–Crippen MR) is 134 cm³/mol. The Morgan fingerprint density at radius 2 is 1.42 bits per heavy atom. The standard InChI is InChI=1S/C30H50O3/c1-26(2)21-9-7-19-17-27(3)14-11-23-29(5,16-13-25(33)30(23,6)18-31)22(27)10-8-20(19)28(21,4)15-12-24(26)32/h7,20-25,31-33H,8-18H2,1-6H3/t20-,21-,22+,23-,24?,25?,27-,28+,29+,30+/m0/s1. The van der Waals surface area contributed by atoms with Crippen LogP contribution in [0.25, 0.3) is 0 Å². The Hall–Kier alpha value is -0.380. The van der Waals surface area contributed by atoms with Crippen molar-refractivity contribution in [2.24, 2.45) is 50.7 Å². The summed E-state index contributed by atoms with van der Waals surface area (Å²) in [6.45, 7) is 14.5. The normalized spacial score (nSPS) is 55.8. The van der Waals surface area contributed by atoms with E-state index in [4.69, 9.17) is 0 Å². The van der Waals surface area contributed by atoms with Gasteiger partial charge in [0.1, 0.15) is 0 Å². The van der Waals surface area contributed by atoms with Crippen LogP contribution in [0.2, 0.25) is 0 Å². The fourth-order valence-corrected chi connectivity index (χ4v) is 11.0. The molecule has 0 heterocycles. The second-order valence-corrected chi connectivity index (χ2v) is 14.8. The Morgan fingerprint density at radius 1 is 0.758 bits per heavy atom. The van der Waals surface area contributed by atoms with Gasteiger partial charge in [0.05, 0.1) is 18.8 Å². The van der Waals surface area contributed by atoms with Crippen molar-refractivity contribution in [2.75, 3.05) is 6.61 Å². The lowest BCUT2D eigenvalue weighted by molar-refractivity contribution is -0.189. The first-order chi connectivity index (χ1) is 15.3. The minimum Gasteiger partial charge on any atom is -0.396 e. The maximum absolute atomic E-state index is 10.9. The van der Waals surface area contributed by atoms with E-state index in [1.807, 2.05) is 0 Å².